The molecule has 4 N–H and O–H groups in total. The number of carbonyl (C=O) groups excluding carboxylic acids is 1. The van der Waals surface area contributed by atoms with E-state index in [1.165, 1.54) is 5.56 Å². The van der Waals surface area contributed by atoms with Gasteiger partial charge in [0.25, 0.3) is 0 Å². The molecule has 27 heavy (non-hydrogen) atoms. The van der Waals surface area contributed by atoms with E-state index in [2.05, 4.69) is 63.7 Å². The molecular weight excluding hydrogens is 340 g/mol. The summed E-state index contributed by atoms with van der Waals surface area (Å²) < 4.78 is 0. The molecule has 1 fully saturated rings. The molecule has 1 heterocycles. The van der Waals surface area contributed by atoms with Crippen LogP contribution in [0, 0.1) is 0 Å². The third-order valence-corrected chi connectivity index (χ3v) is 5.12. The molecule has 0 aliphatic carbocycles. The number of likely N-dealkylation sites (N-methyl/N-ethyl adjacent to an activating group) is 1. The number of aliphatic imine (C=N–C) groups is 1. The van der Waals surface area contributed by atoms with Gasteiger partial charge in [-0.25, -0.2) is 0 Å². The maximum absolute atomic E-state index is 11.0. The van der Waals surface area contributed by atoms with Crippen molar-refractivity contribution >= 4 is 11.9 Å². The Hall–Kier alpha value is -2.12. The lowest BCUT2D eigenvalue weighted by Crippen LogP contribution is -2.51. The van der Waals surface area contributed by atoms with Gasteiger partial charge in [0.1, 0.15) is 0 Å². The third kappa shape index (κ3) is 7.56. The van der Waals surface area contributed by atoms with Crippen LogP contribution in [0.2, 0.25) is 0 Å². The van der Waals surface area contributed by atoms with Crippen LogP contribution in [0.4, 0.5) is 0 Å². The standard InChI is InChI=1S/C20H34N6O/c1-16(25(3)14-17-7-5-4-6-8-17)13-23-20(22-2)24-18-9-11-26(12-10-18)15-19(21)27/h4-8,16,18H,9-15H2,1-3H3,(H2,21,27)(H2,22,23,24). The van der Waals surface area contributed by atoms with E-state index in [1.54, 1.807) is 7.05 Å². The predicted octanol–water partition coefficient (Wildman–Crippen LogP) is 0.622. The molecule has 1 aliphatic heterocycles. The van der Waals surface area contributed by atoms with E-state index >= 15 is 0 Å². The Morgan fingerprint density at radius 2 is 2.00 bits per heavy atom. The summed E-state index contributed by atoms with van der Waals surface area (Å²) in [6, 6.07) is 11.3. The second-order valence-corrected chi connectivity index (χ2v) is 7.36. The summed E-state index contributed by atoms with van der Waals surface area (Å²) in [5.41, 5.74) is 6.59. The minimum Gasteiger partial charge on any atom is -0.369 e. The van der Waals surface area contributed by atoms with Gasteiger partial charge in [0.05, 0.1) is 6.54 Å². The van der Waals surface area contributed by atoms with Gasteiger partial charge < -0.3 is 16.4 Å². The number of likely N-dealkylation sites (tertiary alicyclic amines) is 1. The molecule has 1 aliphatic rings. The number of nitrogens with one attached hydrogen (secondary N) is 2. The van der Waals surface area contributed by atoms with Crippen molar-refractivity contribution in [3.8, 4) is 0 Å². The van der Waals surface area contributed by atoms with Gasteiger partial charge in [-0.2, -0.15) is 0 Å². The highest BCUT2D eigenvalue weighted by atomic mass is 16.1. The Morgan fingerprint density at radius 1 is 1.33 bits per heavy atom. The molecule has 0 bridgehead atoms. The Labute approximate surface area is 163 Å². The average Bonchev–Trinajstić information content (AvgIpc) is 2.66. The van der Waals surface area contributed by atoms with E-state index in [-0.39, 0.29) is 5.91 Å². The molecule has 1 saturated heterocycles. The quantitative estimate of drug-likeness (QED) is 0.459. The van der Waals surface area contributed by atoms with Gasteiger partial charge in [-0.05, 0) is 32.4 Å². The number of nitrogens with zero attached hydrogens (tertiary/aromatic N) is 3. The maximum Gasteiger partial charge on any atom is 0.231 e. The van der Waals surface area contributed by atoms with Crippen LogP contribution in [0.5, 0.6) is 0 Å². The smallest absolute Gasteiger partial charge is 0.231 e. The molecule has 0 spiro atoms. The van der Waals surface area contributed by atoms with Crippen molar-refractivity contribution in [1.82, 2.24) is 20.4 Å². The lowest BCUT2D eigenvalue weighted by Gasteiger charge is -2.32. The molecule has 150 valence electrons. The molecule has 0 aromatic heterocycles. The topological polar surface area (TPSA) is 86.0 Å². The van der Waals surface area contributed by atoms with Gasteiger partial charge in [-0.1, -0.05) is 30.3 Å². The maximum atomic E-state index is 11.0. The molecule has 1 aromatic carbocycles. The normalized spacial score (nSPS) is 17.7. The highest BCUT2D eigenvalue weighted by Crippen LogP contribution is 2.10. The van der Waals surface area contributed by atoms with Crippen molar-refractivity contribution in [3.63, 3.8) is 0 Å². The summed E-state index contributed by atoms with van der Waals surface area (Å²) in [7, 11) is 3.94. The van der Waals surface area contributed by atoms with Crippen molar-refractivity contribution in [3.05, 3.63) is 35.9 Å². The summed E-state index contributed by atoms with van der Waals surface area (Å²) >= 11 is 0. The Bertz CT molecular complexity index is 598. The number of rotatable bonds is 8. The second-order valence-electron chi connectivity index (χ2n) is 7.36. The lowest BCUT2D eigenvalue weighted by atomic mass is 10.1. The van der Waals surface area contributed by atoms with Crippen molar-refractivity contribution < 1.29 is 4.79 Å². The number of hydrogen-bond donors (Lipinski definition) is 3. The molecule has 1 atom stereocenters. The predicted molar refractivity (Wildman–Crippen MR) is 111 cm³/mol. The monoisotopic (exact) mass is 374 g/mol. The molecule has 2 rings (SSSR count). The number of piperidine rings is 1. The zero-order valence-corrected chi connectivity index (χ0v) is 16.8. The third-order valence-electron chi connectivity index (χ3n) is 5.12. The van der Waals surface area contributed by atoms with Crippen molar-refractivity contribution in [1.29, 1.82) is 0 Å². The highest BCUT2D eigenvalue weighted by molar-refractivity contribution is 5.80. The van der Waals surface area contributed by atoms with E-state index in [1.807, 2.05) is 6.07 Å². The first-order valence-corrected chi connectivity index (χ1v) is 9.70. The zero-order chi connectivity index (χ0) is 19.6. The number of benzene rings is 1. The first-order chi connectivity index (χ1) is 13.0. The molecular formula is C20H34N6O. The van der Waals surface area contributed by atoms with E-state index in [0.717, 1.165) is 45.0 Å². The molecule has 1 amide bonds. The van der Waals surface area contributed by atoms with E-state index in [9.17, 15) is 4.79 Å². The van der Waals surface area contributed by atoms with Crippen molar-refractivity contribution in [2.24, 2.45) is 10.7 Å². The van der Waals surface area contributed by atoms with Crippen molar-refractivity contribution in [2.75, 3.05) is 40.3 Å². The van der Waals surface area contributed by atoms with Gasteiger partial charge in [-0.15, -0.1) is 0 Å². The molecule has 7 nitrogen and oxygen atoms in total. The summed E-state index contributed by atoms with van der Waals surface area (Å²) in [5.74, 6) is 0.579. The summed E-state index contributed by atoms with van der Waals surface area (Å²) in [6.45, 7) is 6.08. The number of guanidine groups is 1. The highest BCUT2D eigenvalue weighted by Gasteiger charge is 2.21. The van der Waals surface area contributed by atoms with Crippen molar-refractivity contribution in [2.45, 2.75) is 38.4 Å². The van der Waals surface area contributed by atoms with E-state index < -0.39 is 0 Å². The van der Waals surface area contributed by atoms with Crippen LogP contribution < -0.4 is 16.4 Å². The van der Waals surface area contributed by atoms with Crippen LogP contribution in [0.1, 0.15) is 25.3 Å². The largest absolute Gasteiger partial charge is 0.369 e. The number of primary amides is 1. The molecule has 7 heteroatoms. The summed E-state index contributed by atoms with van der Waals surface area (Å²) in [6.07, 6.45) is 1.97. The van der Waals surface area contributed by atoms with Crippen LogP contribution in [-0.2, 0) is 11.3 Å². The van der Waals surface area contributed by atoms with Gasteiger partial charge in [0.2, 0.25) is 5.91 Å². The van der Waals surface area contributed by atoms with Crippen LogP contribution in [0.25, 0.3) is 0 Å². The Balaban J connectivity index is 1.71. The van der Waals surface area contributed by atoms with Gasteiger partial charge in [0, 0.05) is 45.3 Å². The fourth-order valence-corrected chi connectivity index (χ4v) is 3.27. The molecule has 0 radical (unpaired) electrons. The Kier molecular flexibility index (Phi) is 8.54. The SMILES string of the molecule is CN=C(NCC(C)N(C)Cc1ccccc1)NC1CCN(CC(N)=O)CC1. The first-order valence-electron chi connectivity index (χ1n) is 9.70. The van der Waals surface area contributed by atoms with Crippen LogP contribution in [0.3, 0.4) is 0 Å². The fraction of sp³-hybridized carbons (Fsp3) is 0.600. The van der Waals surface area contributed by atoms with E-state index in [4.69, 9.17) is 5.73 Å². The minimum absolute atomic E-state index is 0.257. The number of hydrogen-bond acceptors (Lipinski definition) is 4. The van der Waals surface area contributed by atoms with Crippen LogP contribution >= 0.6 is 0 Å². The summed E-state index contributed by atoms with van der Waals surface area (Å²) in [4.78, 5) is 19.8. The second kappa shape index (κ2) is 10.9. The fourth-order valence-electron chi connectivity index (χ4n) is 3.27. The van der Waals surface area contributed by atoms with E-state index in [0.29, 0.717) is 18.6 Å². The zero-order valence-electron chi connectivity index (χ0n) is 16.8. The lowest BCUT2D eigenvalue weighted by molar-refractivity contribution is -0.119. The number of nitrogens with two attached hydrogens (primary N) is 1. The van der Waals surface area contributed by atoms with Gasteiger partial charge in [-0.3, -0.25) is 19.6 Å². The Morgan fingerprint density at radius 3 is 2.59 bits per heavy atom. The summed E-state index contributed by atoms with van der Waals surface area (Å²) in [5, 5.41) is 6.94. The van der Waals surface area contributed by atoms with Crippen LogP contribution in [-0.4, -0.2) is 74.0 Å². The average molecular weight is 375 g/mol. The molecule has 1 aromatic rings. The molecule has 0 saturated carbocycles. The number of amides is 1. The van der Waals surface area contributed by atoms with Crippen LogP contribution in [0.15, 0.2) is 35.3 Å². The minimum atomic E-state index is -0.257. The van der Waals surface area contributed by atoms with Gasteiger partial charge >= 0.3 is 0 Å². The molecule has 1 unspecified atom stereocenters. The first kappa shape index (κ1) is 21.2. The van der Waals surface area contributed by atoms with Gasteiger partial charge in [0.15, 0.2) is 5.96 Å². The number of carbonyl (C=O) groups is 1.